The molecule has 3 nitrogen and oxygen atoms in total. The van der Waals surface area contributed by atoms with E-state index in [0.717, 1.165) is 23.2 Å². The van der Waals surface area contributed by atoms with Gasteiger partial charge in [-0.2, -0.15) is 0 Å². The molecule has 98 valence electrons. The highest BCUT2D eigenvalue weighted by Gasteiger charge is 2.47. The molecule has 0 unspecified atom stereocenters. The van der Waals surface area contributed by atoms with Gasteiger partial charge in [0.1, 0.15) is 0 Å². The third kappa shape index (κ3) is 2.18. The van der Waals surface area contributed by atoms with Gasteiger partial charge in [-0.25, -0.2) is 8.42 Å². The first-order valence-electron chi connectivity index (χ1n) is 6.14. The molecule has 1 aromatic rings. The minimum Gasteiger partial charge on any atom is -0.370 e. The normalized spacial score (nSPS) is 21.6. The average molecular weight is 330 g/mol. The van der Waals surface area contributed by atoms with Crippen molar-refractivity contribution in [1.29, 1.82) is 0 Å². The highest BCUT2D eigenvalue weighted by Crippen LogP contribution is 2.53. The van der Waals surface area contributed by atoms with E-state index in [9.17, 15) is 8.42 Å². The van der Waals surface area contributed by atoms with Gasteiger partial charge in [-0.15, -0.1) is 0 Å². The summed E-state index contributed by atoms with van der Waals surface area (Å²) in [6.45, 7) is 2.20. The molecular formula is C13H16BrNO2S. The molecule has 1 saturated carbocycles. The van der Waals surface area contributed by atoms with Gasteiger partial charge in [-0.3, -0.25) is 0 Å². The van der Waals surface area contributed by atoms with Gasteiger partial charge >= 0.3 is 0 Å². The van der Waals surface area contributed by atoms with Crippen LogP contribution >= 0.6 is 15.9 Å². The van der Waals surface area contributed by atoms with Crippen molar-refractivity contribution in [1.82, 2.24) is 0 Å². The van der Waals surface area contributed by atoms with Crippen LogP contribution in [0.2, 0.25) is 0 Å². The van der Waals surface area contributed by atoms with E-state index in [0.29, 0.717) is 10.3 Å². The van der Waals surface area contributed by atoms with Crippen molar-refractivity contribution in [2.45, 2.75) is 24.2 Å². The van der Waals surface area contributed by atoms with Gasteiger partial charge in [0.15, 0.2) is 9.84 Å². The Morgan fingerprint density at radius 3 is 2.50 bits per heavy atom. The van der Waals surface area contributed by atoms with Crippen molar-refractivity contribution in [2.24, 2.45) is 5.41 Å². The SMILES string of the molecule is CS(=O)(=O)c1ccc(N2CCC3(CC3)C2)c(Br)c1. The summed E-state index contributed by atoms with van der Waals surface area (Å²) in [4.78, 5) is 2.74. The zero-order valence-electron chi connectivity index (χ0n) is 10.3. The fourth-order valence-electron chi connectivity index (χ4n) is 2.70. The van der Waals surface area contributed by atoms with Crippen LogP contribution in [-0.4, -0.2) is 27.8 Å². The summed E-state index contributed by atoms with van der Waals surface area (Å²) in [5.74, 6) is 0. The number of halogens is 1. The van der Waals surface area contributed by atoms with Crippen molar-refractivity contribution in [3.63, 3.8) is 0 Å². The summed E-state index contributed by atoms with van der Waals surface area (Å²) in [6.07, 6.45) is 5.21. The molecule has 1 aromatic carbocycles. The molecule has 0 N–H and O–H groups in total. The fraction of sp³-hybridized carbons (Fsp3) is 0.538. The van der Waals surface area contributed by atoms with Crippen LogP contribution in [0.4, 0.5) is 5.69 Å². The predicted octanol–water partition coefficient (Wildman–Crippen LogP) is 2.84. The van der Waals surface area contributed by atoms with Crippen molar-refractivity contribution in [3.8, 4) is 0 Å². The molecule has 0 radical (unpaired) electrons. The van der Waals surface area contributed by atoms with Gasteiger partial charge in [0.2, 0.25) is 0 Å². The van der Waals surface area contributed by atoms with Crippen molar-refractivity contribution >= 4 is 31.5 Å². The summed E-state index contributed by atoms with van der Waals surface area (Å²) in [5.41, 5.74) is 1.70. The largest absolute Gasteiger partial charge is 0.370 e. The van der Waals surface area contributed by atoms with E-state index in [-0.39, 0.29) is 0 Å². The van der Waals surface area contributed by atoms with Gasteiger partial charge in [0, 0.05) is 23.8 Å². The molecule has 1 saturated heterocycles. The lowest BCUT2D eigenvalue weighted by atomic mass is 10.1. The summed E-state index contributed by atoms with van der Waals surface area (Å²) in [7, 11) is -3.12. The first kappa shape index (κ1) is 12.5. The number of sulfone groups is 1. The second-order valence-electron chi connectivity index (χ2n) is 5.56. The highest BCUT2D eigenvalue weighted by atomic mass is 79.9. The van der Waals surface area contributed by atoms with Gasteiger partial charge in [-0.05, 0) is 58.8 Å². The second kappa shape index (κ2) is 3.97. The van der Waals surface area contributed by atoms with Gasteiger partial charge < -0.3 is 4.90 Å². The van der Waals surface area contributed by atoms with Gasteiger partial charge in [-0.1, -0.05) is 0 Å². The molecule has 2 fully saturated rings. The summed E-state index contributed by atoms with van der Waals surface area (Å²) < 4.78 is 23.9. The Hall–Kier alpha value is -0.550. The van der Waals surface area contributed by atoms with Crippen LogP contribution in [-0.2, 0) is 9.84 Å². The molecule has 0 aromatic heterocycles. The molecule has 5 heteroatoms. The third-order valence-electron chi connectivity index (χ3n) is 4.08. The zero-order valence-corrected chi connectivity index (χ0v) is 12.7. The van der Waals surface area contributed by atoms with E-state index in [1.54, 1.807) is 12.1 Å². The van der Waals surface area contributed by atoms with Crippen molar-refractivity contribution < 1.29 is 8.42 Å². The minimum absolute atomic E-state index is 0.374. The Labute approximate surface area is 116 Å². The average Bonchev–Trinajstić information content (AvgIpc) is 2.89. The number of benzene rings is 1. The quantitative estimate of drug-likeness (QED) is 0.837. The topological polar surface area (TPSA) is 37.4 Å². The van der Waals surface area contributed by atoms with E-state index >= 15 is 0 Å². The molecule has 1 aliphatic heterocycles. The lowest BCUT2D eigenvalue weighted by Crippen LogP contribution is -2.20. The Morgan fingerprint density at radius 1 is 1.28 bits per heavy atom. The number of hydrogen-bond donors (Lipinski definition) is 0. The van der Waals surface area contributed by atoms with Crippen LogP contribution < -0.4 is 4.90 Å². The summed E-state index contributed by atoms with van der Waals surface area (Å²) in [6, 6.07) is 5.33. The Morgan fingerprint density at radius 2 is 2.00 bits per heavy atom. The first-order chi connectivity index (χ1) is 8.40. The number of hydrogen-bond acceptors (Lipinski definition) is 3. The Balaban J connectivity index is 1.90. The van der Waals surface area contributed by atoms with Crippen molar-refractivity contribution in [3.05, 3.63) is 22.7 Å². The van der Waals surface area contributed by atoms with Crippen molar-refractivity contribution in [2.75, 3.05) is 24.2 Å². The molecule has 18 heavy (non-hydrogen) atoms. The van der Waals surface area contributed by atoms with Gasteiger partial charge in [0.05, 0.1) is 10.6 Å². The lowest BCUT2D eigenvalue weighted by molar-refractivity contribution is 0.581. The van der Waals surface area contributed by atoms with E-state index in [1.165, 1.54) is 25.5 Å². The summed E-state index contributed by atoms with van der Waals surface area (Å²) >= 11 is 3.50. The second-order valence-corrected chi connectivity index (χ2v) is 8.43. The number of rotatable bonds is 2. The number of anilines is 1. The smallest absolute Gasteiger partial charge is 0.175 e. The van der Waals surface area contributed by atoms with E-state index in [1.807, 2.05) is 6.07 Å². The van der Waals surface area contributed by atoms with Crippen LogP contribution in [0, 0.1) is 5.41 Å². The molecule has 1 heterocycles. The van der Waals surface area contributed by atoms with E-state index in [4.69, 9.17) is 0 Å². The molecule has 2 aliphatic rings. The maximum absolute atomic E-state index is 11.5. The van der Waals surface area contributed by atoms with Crippen LogP contribution in [0.15, 0.2) is 27.6 Å². The monoisotopic (exact) mass is 329 g/mol. The summed E-state index contributed by atoms with van der Waals surface area (Å²) in [5, 5.41) is 0. The van der Waals surface area contributed by atoms with Crippen LogP contribution in [0.1, 0.15) is 19.3 Å². The zero-order chi connectivity index (χ0) is 13.0. The van der Waals surface area contributed by atoms with Crippen LogP contribution in [0.25, 0.3) is 0 Å². The fourth-order valence-corrected chi connectivity index (χ4v) is 4.13. The third-order valence-corrected chi connectivity index (χ3v) is 5.83. The molecule has 3 rings (SSSR count). The standard InChI is InChI=1S/C13H16BrNO2S/c1-18(16,17)10-2-3-12(11(14)8-10)15-7-6-13(9-15)4-5-13/h2-3,8H,4-7,9H2,1H3. The molecule has 1 spiro atoms. The highest BCUT2D eigenvalue weighted by molar-refractivity contribution is 9.10. The predicted molar refractivity (Wildman–Crippen MR) is 75.7 cm³/mol. The molecular weight excluding hydrogens is 314 g/mol. The maximum atomic E-state index is 11.5. The minimum atomic E-state index is -3.12. The molecule has 1 aliphatic carbocycles. The van der Waals surface area contributed by atoms with Crippen LogP contribution in [0.5, 0.6) is 0 Å². The van der Waals surface area contributed by atoms with Gasteiger partial charge in [0.25, 0.3) is 0 Å². The lowest BCUT2D eigenvalue weighted by Gasteiger charge is -2.20. The Bertz CT molecular complexity index is 593. The number of nitrogens with zero attached hydrogens (tertiary/aromatic N) is 1. The Kier molecular flexibility index (Phi) is 2.75. The maximum Gasteiger partial charge on any atom is 0.175 e. The first-order valence-corrected chi connectivity index (χ1v) is 8.83. The molecule has 0 amide bonds. The van der Waals surface area contributed by atoms with E-state index < -0.39 is 9.84 Å². The van der Waals surface area contributed by atoms with Crippen LogP contribution in [0.3, 0.4) is 0 Å². The molecule has 0 bridgehead atoms. The van der Waals surface area contributed by atoms with E-state index in [2.05, 4.69) is 20.8 Å². The molecule has 0 atom stereocenters.